The highest BCUT2D eigenvalue weighted by atomic mass is 16.3. The van der Waals surface area contributed by atoms with Crippen LogP contribution in [0.4, 0.5) is 5.82 Å². The normalized spacial score (nSPS) is 15.5. The van der Waals surface area contributed by atoms with E-state index in [1.807, 2.05) is 24.3 Å². The Labute approximate surface area is 128 Å². The molecule has 1 aliphatic heterocycles. The Balaban J connectivity index is 1.78. The van der Waals surface area contributed by atoms with Gasteiger partial charge in [0.05, 0.1) is 11.7 Å². The van der Waals surface area contributed by atoms with Gasteiger partial charge in [-0.2, -0.15) is 0 Å². The molecule has 0 atom stereocenters. The second-order valence-corrected chi connectivity index (χ2v) is 5.57. The number of amides is 1. The summed E-state index contributed by atoms with van der Waals surface area (Å²) in [5.74, 6) is -0.441. The van der Waals surface area contributed by atoms with Crippen molar-refractivity contribution in [3.05, 3.63) is 47.7 Å². The number of aliphatic hydroxyl groups is 1. The van der Waals surface area contributed by atoms with Gasteiger partial charge in [0, 0.05) is 31.4 Å². The van der Waals surface area contributed by atoms with Crippen LogP contribution in [0.15, 0.2) is 36.5 Å². The zero-order valence-corrected chi connectivity index (χ0v) is 12.1. The predicted octanol–water partition coefficient (Wildman–Crippen LogP) is 0.606. The third-order valence-electron chi connectivity index (χ3n) is 3.82. The minimum absolute atomic E-state index is 0.143. The van der Waals surface area contributed by atoms with Crippen molar-refractivity contribution in [2.75, 3.05) is 18.8 Å². The summed E-state index contributed by atoms with van der Waals surface area (Å²) in [6, 6.07) is 9.67. The number of carbonyl (C=O) groups excluding carboxylic acids is 1. The number of nitrogens with two attached hydrogens (primary N) is 2. The maximum atomic E-state index is 11.3. The van der Waals surface area contributed by atoms with Crippen LogP contribution in [0.1, 0.15) is 15.9 Å². The molecule has 1 fully saturated rings. The summed E-state index contributed by atoms with van der Waals surface area (Å²) in [6.07, 6.45) is 1.44. The molecule has 0 aliphatic carbocycles. The molecule has 5 N–H and O–H groups in total. The maximum Gasteiger partial charge on any atom is 0.252 e. The summed E-state index contributed by atoms with van der Waals surface area (Å²) in [6.45, 7) is 2.28. The van der Waals surface area contributed by atoms with E-state index >= 15 is 0 Å². The van der Waals surface area contributed by atoms with E-state index < -0.39 is 5.91 Å². The van der Waals surface area contributed by atoms with Crippen LogP contribution in [0, 0.1) is 0 Å². The minimum atomic E-state index is -0.584. The average Bonchev–Trinajstić information content (AvgIpc) is 2.47. The topological polar surface area (TPSA) is 105 Å². The van der Waals surface area contributed by atoms with Gasteiger partial charge in [0.2, 0.25) is 0 Å². The fraction of sp³-hybridized carbons (Fsp3) is 0.250. The first kappa shape index (κ1) is 14.5. The van der Waals surface area contributed by atoms with Gasteiger partial charge < -0.3 is 16.6 Å². The van der Waals surface area contributed by atoms with Gasteiger partial charge >= 0.3 is 0 Å². The van der Waals surface area contributed by atoms with Crippen LogP contribution in [-0.4, -0.2) is 40.1 Å². The van der Waals surface area contributed by atoms with Gasteiger partial charge in [-0.3, -0.25) is 9.69 Å². The van der Waals surface area contributed by atoms with Crippen LogP contribution in [0.2, 0.25) is 0 Å². The van der Waals surface area contributed by atoms with Gasteiger partial charge in [-0.25, -0.2) is 4.98 Å². The highest BCUT2D eigenvalue weighted by Crippen LogP contribution is 2.23. The number of likely N-dealkylation sites (tertiary alicyclic amines) is 1. The first-order valence-corrected chi connectivity index (χ1v) is 7.08. The zero-order chi connectivity index (χ0) is 15.7. The lowest BCUT2D eigenvalue weighted by atomic mass is 10.0. The number of rotatable bonds is 4. The Morgan fingerprint density at radius 2 is 1.95 bits per heavy atom. The van der Waals surface area contributed by atoms with E-state index in [1.54, 1.807) is 12.3 Å². The van der Waals surface area contributed by atoms with Crippen LogP contribution >= 0.6 is 0 Å². The van der Waals surface area contributed by atoms with E-state index in [0.717, 1.165) is 30.8 Å². The number of nitrogen functional groups attached to an aromatic ring is 1. The van der Waals surface area contributed by atoms with E-state index in [2.05, 4.69) is 9.88 Å². The number of benzene rings is 1. The van der Waals surface area contributed by atoms with Gasteiger partial charge in [0.1, 0.15) is 5.82 Å². The molecule has 0 radical (unpaired) electrons. The Morgan fingerprint density at radius 3 is 2.55 bits per heavy atom. The molecule has 0 bridgehead atoms. The third kappa shape index (κ3) is 2.93. The second-order valence-electron chi connectivity index (χ2n) is 5.57. The standard InChI is InChI=1S/C16H18N4O2/c17-15-14(16(18)22)5-12(6-19-15)11-3-1-10(2-4-11)7-20-8-13(21)9-20/h1-6,13,21H,7-9H2,(H2,17,19)(H2,18,22). The lowest BCUT2D eigenvalue weighted by Gasteiger charge is -2.35. The van der Waals surface area contributed by atoms with Gasteiger partial charge in [-0.05, 0) is 17.2 Å². The van der Waals surface area contributed by atoms with Crippen LogP contribution in [-0.2, 0) is 6.54 Å². The molecule has 1 amide bonds. The van der Waals surface area contributed by atoms with E-state index in [-0.39, 0.29) is 17.5 Å². The molecule has 6 nitrogen and oxygen atoms in total. The Morgan fingerprint density at radius 1 is 1.27 bits per heavy atom. The Bertz CT molecular complexity index is 694. The molecule has 1 aromatic heterocycles. The van der Waals surface area contributed by atoms with E-state index in [4.69, 9.17) is 11.5 Å². The summed E-state index contributed by atoms with van der Waals surface area (Å²) in [5.41, 5.74) is 14.1. The predicted molar refractivity (Wildman–Crippen MR) is 83.9 cm³/mol. The van der Waals surface area contributed by atoms with E-state index in [0.29, 0.717) is 0 Å². The number of carbonyl (C=O) groups is 1. The molecule has 1 saturated heterocycles. The highest BCUT2D eigenvalue weighted by Gasteiger charge is 2.23. The number of hydrogen-bond acceptors (Lipinski definition) is 5. The van der Waals surface area contributed by atoms with Crippen molar-refractivity contribution >= 4 is 11.7 Å². The fourth-order valence-electron chi connectivity index (χ4n) is 2.56. The van der Waals surface area contributed by atoms with Crippen LogP contribution in [0.3, 0.4) is 0 Å². The summed E-state index contributed by atoms with van der Waals surface area (Å²) >= 11 is 0. The fourth-order valence-corrected chi connectivity index (χ4v) is 2.56. The monoisotopic (exact) mass is 298 g/mol. The molecule has 0 spiro atoms. The van der Waals surface area contributed by atoms with Crippen molar-refractivity contribution in [2.45, 2.75) is 12.6 Å². The second kappa shape index (κ2) is 5.75. The molecule has 2 heterocycles. The van der Waals surface area contributed by atoms with Crippen molar-refractivity contribution in [1.29, 1.82) is 0 Å². The van der Waals surface area contributed by atoms with Crippen LogP contribution in [0.5, 0.6) is 0 Å². The lowest BCUT2D eigenvalue weighted by molar-refractivity contribution is -0.00286. The number of primary amides is 1. The van der Waals surface area contributed by atoms with Crippen molar-refractivity contribution in [3.63, 3.8) is 0 Å². The van der Waals surface area contributed by atoms with E-state index in [9.17, 15) is 9.90 Å². The van der Waals surface area contributed by atoms with Crippen molar-refractivity contribution in [2.24, 2.45) is 5.73 Å². The molecule has 6 heteroatoms. The minimum Gasteiger partial charge on any atom is -0.390 e. The molecule has 3 rings (SSSR count). The smallest absolute Gasteiger partial charge is 0.252 e. The molecule has 0 unspecified atom stereocenters. The van der Waals surface area contributed by atoms with Crippen molar-refractivity contribution in [1.82, 2.24) is 9.88 Å². The molecule has 1 aliphatic rings. The molecule has 2 aromatic rings. The molecular formula is C16H18N4O2. The number of hydrogen-bond donors (Lipinski definition) is 3. The summed E-state index contributed by atoms with van der Waals surface area (Å²) in [4.78, 5) is 17.5. The number of anilines is 1. The number of aromatic nitrogens is 1. The Hall–Kier alpha value is -2.44. The Kier molecular flexibility index (Phi) is 3.79. The van der Waals surface area contributed by atoms with Gasteiger partial charge in [0.25, 0.3) is 5.91 Å². The first-order chi connectivity index (χ1) is 10.5. The summed E-state index contributed by atoms with van der Waals surface area (Å²) in [7, 11) is 0. The number of nitrogens with zero attached hydrogens (tertiary/aromatic N) is 2. The summed E-state index contributed by atoms with van der Waals surface area (Å²) in [5, 5.41) is 9.29. The third-order valence-corrected chi connectivity index (χ3v) is 3.82. The van der Waals surface area contributed by atoms with E-state index in [1.165, 1.54) is 5.56 Å². The summed E-state index contributed by atoms with van der Waals surface area (Å²) < 4.78 is 0. The first-order valence-electron chi connectivity index (χ1n) is 7.08. The molecule has 0 saturated carbocycles. The maximum absolute atomic E-state index is 11.3. The van der Waals surface area contributed by atoms with Crippen molar-refractivity contribution in [3.8, 4) is 11.1 Å². The SMILES string of the molecule is NC(=O)c1cc(-c2ccc(CN3CC(O)C3)cc2)cnc1N. The van der Waals surface area contributed by atoms with Crippen molar-refractivity contribution < 1.29 is 9.90 Å². The van der Waals surface area contributed by atoms with Crippen LogP contribution < -0.4 is 11.5 Å². The van der Waals surface area contributed by atoms with Gasteiger partial charge in [-0.15, -0.1) is 0 Å². The molecule has 22 heavy (non-hydrogen) atoms. The molecular weight excluding hydrogens is 280 g/mol. The highest BCUT2D eigenvalue weighted by molar-refractivity contribution is 5.98. The van der Waals surface area contributed by atoms with Crippen LogP contribution in [0.25, 0.3) is 11.1 Å². The van der Waals surface area contributed by atoms with Gasteiger partial charge in [-0.1, -0.05) is 24.3 Å². The quantitative estimate of drug-likeness (QED) is 0.767. The molecule has 114 valence electrons. The largest absolute Gasteiger partial charge is 0.390 e. The number of β-amino-alcohol motifs (C(OH)–C–C–N with tert-alkyl or cyclic N) is 1. The molecule has 1 aromatic carbocycles. The zero-order valence-electron chi connectivity index (χ0n) is 12.1. The number of pyridine rings is 1. The average molecular weight is 298 g/mol. The number of aliphatic hydroxyl groups excluding tert-OH is 1. The lowest BCUT2D eigenvalue weighted by Crippen LogP contribution is -2.49. The van der Waals surface area contributed by atoms with Gasteiger partial charge in [0.15, 0.2) is 0 Å².